The van der Waals surface area contributed by atoms with E-state index in [1.165, 1.54) is 0 Å². The first-order valence-electron chi connectivity index (χ1n) is 8.11. The molecule has 1 aliphatic carbocycles. The molecule has 4 rings (SSSR count). The van der Waals surface area contributed by atoms with Crippen LogP contribution >= 0.6 is 0 Å². The van der Waals surface area contributed by atoms with Crippen molar-refractivity contribution in [3.05, 3.63) is 53.3 Å². The Labute approximate surface area is 147 Å². The minimum absolute atomic E-state index is 0.431. The van der Waals surface area contributed by atoms with Gasteiger partial charge in [-0.1, -0.05) is 6.07 Å². The van der Waals surface area contributed by atoms with Crippen molar-refractivity contribution < 1.29 is 27.4 Å². The highest BCUT2D eigenvalue weighted by Crippen LogP contribution is 2.47. The summed E-state index contributed by atoms with van der Waals surface area (Å²) in [7, 11) is 0. The van der Waals surface area contributed by atoms with Crippen molar-refractivity contribution in [1.29, 1.82) is 0 Å². The maximum atomic E-state index is 13.7. The zero-order chi connectivity index (χ0) is 18.3. The lowest BCUT2D eigenvalue weighted by Crippen LogP contribution is -2.38. The van der Waals surface area contributed by atoms with Crippen LogP contribution in [0.1, 0.15) is 18.4 Å². The first-order valence-corrected chi connectivity index (χ1v) is 8.11. The average molecular weight is 364 g/mol. The summed E-state index contributed by atoms with van der Waals surface area (Å²) in [5, 5.41) is 4.99. The van der Waals surface area contributed by atoms with Crippen molar-refractivity contribution in [1.82, 2.24) is 5.32 Å². The molecule has 0 aromatic heterocycles. The number of carbonyl (C=O) groups is 1. The highest BCUT2D eigenvalue weighted by Gasteiger charge is 2.46. The molecule has 2 N–H and O–H groups in total. The number of anilines is 1. The average Bonchev–Trinajstić information content (AvgIpc) is 3.42. The van der Waals surface area contributed by atoms with Crippen molar-refractivity contribution in [3.63, 3.8) is 0 Å². The van der Waals surface area contributed by atoms with Gasteiger partial charge < -0.3 is 20.1 Å². The molecular weight excluding hydrogens is 349 g/mol. The van der Waals surface area contributed by atoms with Crippen LogP contribution in [0.15, 0.2) is 30.3 Å². The highest BCUT2D eigenvalue weighted by molar-refractivity contribution is 5.90. The third-order valence-electron chi connectivity index (χ3n) is 4.48. The van der Waals surface area contributed by atoms with Crippen LogP contribution in [0.3, 0.4) is 0 Å². The standard InChI is InChI=1S/C18H15F3N2O3/c19-11-2-3-12(16(21)15(11)20)22-17(24)23-18(5-6-18)10-1-4-13-14(9-10)26-8-7-25-13/h1-4,9H,5-8H2,(H2,22,23,24). The van der Waals surface area contributed by atoms with Crippen LogP contribution in [0.25, 0.3) is 0 Å². The second-order valence-electron chi connectivity index (χ2n) is 6.24. The first-order chi connectivity index (χ1) is 12.5. The van der Waals surface area contributed by atoms with Gasteiger partial charge in [-0.3, -0.25) is 0 Å². The number of fused-ring (bicyclic) bond motifs is 1. The van der Waals surface area contributed by atoms with Crippen molar-refractivity contribution in [3.8, 4) is 11.5 Å². The summed E-state index contributed by atoms with van der Waals surface area (Å²) in [6.45, 7) is 0.935. The molecule has 136 valence electrons. The first kappa shape index (κ1) is 16.6. The molecule has 8 heteroatoms. The van der Waals surface area contributed by atoms with E-state index in [0.717, 1.165) is 17.7 Å². The summed E-state index contributed by atoms with van der Waals surface area (Å²) in [5.74, 6) is -3.14. The summed E-state index contributed by atoms with van der Waals surface area (Å²) in [5.41, 5.74) is -0.198. The SMILES string of the molecule is O=C(Nc1ccc(F)c(F)c1F)NC1(c2ccc3c(c2)OCCO3)CC1. The number of rotatable bonds is 3. The number of nitrogens with one attached hydrogen (secondary N) is 2. The monoisotopic (exact) mass is 364 g/mol. The molecule has 0 saturated heterocycles. The van der Waals surface area contributed by atoms with E-state index in [1.807, 2.05) is 6.07 Å². The Kier molecular flexibility index (Phi) is 3.90. The topological polar surface area (TPSA) is 59.6 Å². The fourth-order valence-electron chi connectivity index (χ4n) is 2.95. The number of hydrogen-bond donors (Lipinski definition) is 2. The molecule has 2 amide bonds. The molecule has 0 spiro atoms. The number of hydrogen-bond acceptors (Lipinski definition) is 3. The predicted molar refractivity (Wildman–Crippen MR) is 86.8 cm³/mol. The zero-order valence-electron chi connectivity index (χ0n) is 13.6. The number of benzene rings is 2. The summed E-state index contributed by atoms with van der Waals surface area (Å²) in [6.07, 6.45) is 1.39. The van der Waals surface area contributed by atoms with Crippen LogP contribution in [0.2, 0.25) is 0 Å². The highest BCUT2D eigenvalue weighted by atomic mass is 19.2. The Balaban J connectivity index is 1.50. The molecule has 2 aromatic carbocycles. The van der Waals surface area contributed by atoms with Crippen molar-refractivity contribution in [2.75, 3.05) is 18.5 Å². The van der Waals surface area contributed by atoms with E-state index in [9.17, 15) is 18.0 Å². The fourth-order valence-corrected chi connectivity index (χ4v) is 2.95. The van der Waals surface area contributed by atoms with Crippen molar-refractivity contribution >= 4 is 11.7 Å². The molecule has 0 bridgehead atoms. The molecule has 2 aliphatic rings. The summed E-state index contributed by atoms with van der Waals surface area (Å²) >= 11 is 0. The van der Waals surface area contributed by atoms with E-state index in [-0.39, 0.29) is 0 Å². The number of ether oxygens (including phenoxy) is 2. The smallest absolute Gasteiger partial charge is 0.320 e. The Morgan fingerprint density at radius 3 is 2.42 bits per heavy atom. The molecule has 0 radical (unpaired) electrons. The Morgan fingerprint density at radius 1 is 0.962 bits per heavy atom. The van der Waals surface area contributed by atoms with Gasteiger partial charge in [-0.15, -0.1) is 0 Å². The van der Waals surface area contributed by atoms with Gasteiger partial charge in [-0.25, -0.2) is 18.0 Å². The second-order valence-corrected chi connectivity index (χ2v) is 6.24. The molecule has 5 nitrogen and oxygen atoms in total. The summed E-state index contributed by atoms with van der Waals surface area (Å²) < 4.78 is 51.0. The molecule has 0 atom stereocenters. The predicted octanol–water partition coefficient (Wildman–Crippen LogP) is 3.69. The molecule has 2 aromatic rings. The van der Waals surface area contributed by atoms with Gasteiger partial charge in [0.25, 0.3) is 0 Å². The third kappa shape index (κ3) is 2.91. The summed E-state index contributed by atoms with van der Waals surface area (Å²) in [6, 6.07) is 6.43. The van der Waals surface area contributed by atoms with Gasteiger partial charge in [0.15, 0.2) is 29.0 Å². The molecule has 1 heterocycles. The number of urea groups is 1. The van der Waals surface area contributed by atoms with Crippen LogP contribution in [-0.2, 0) is 5.54 Å². The van der Waals surface area contributed by atoms with E-state index in [1.54, 1.807) is 12.1 Å². The van der Waals surface area contributed by atoms with Crippen molar-refractivity contribution in [2.24, 2.45) is 0 Å². The Hall–Kier alpha value is -2.90. The Morgan fingerprint density at radius 2 is 1.69 bits per heavy atom. The third-order valence-corrected chi connectivity index (χ3v) is 4.48. The summed E-state index contributed by atoms with van der Waals surface area (Å²) in [4.78, 5) is 12.2. The molecule has 1 aliphatic heterocycles. The molecule has 0 unspecified atom stereocenters. The lowest BCUT2D eigenvalue weighted by molar-refractivity contribution is 0.171. The lowest BCUT2D eigenvalue weighted by Gasteiger charge is -2.23. The van der Waals surface area contributed by atoms with E-state index >= 15 is 0 Å². The van der Waals surface area contributed by atoms with Crippen LogP contribution in [0.5, 0.6) is 11.5 Å². The van der Waals surface area contributed by atoms with Gasteiger partial charge in [0.2, 0.25) is 0 Å². The van der Waals surface area contributed by atoms with Crippen LogP contribution < -0.4 is 20.1 Å². The number of amides is 2. The molecule has 1 saturated carbocycles. The largest absolute Gasteiger partial charge is 0.486 e. The number of halogens is 3. The zero-order valence-corrected chi connectivity index (χ0v) is 13.6. The maximum Gasteiger partial charge on any atom is 0.320 e. The van der Waals surface area contributed by atoms with Gasteiger partial charge in [0.05, 0.1) is 11.2 Å². The van der Waals surface area contributed by atoms with Crippen LogP contribution in [0.4, 0.5) is 23.7 Å². The quantitative estimate of drug-likeness (QED) is 0.817. The molecule has 26 heavy (non-hydrogen) atoms. The fraction of sp³-hybridized carbons (Fsp3) is 0.278. The normalized spacial score (nSPS) is 16.7. The number of carbonyl (C=O) groups excluding carboxylic acids is 1. The van der Waals surface area contributed by atoms with Crippen LogP contribution in [-0.4, -0.2) is 19.2 Å². The van der Waals surface area contributed by atoms with Gasteiger partial charge in [0, 0.05) is 0 Å². The molecular formula is C18H15F3N2O3. The lowest BCUT2D eigenvalue weighted by atomic mass is 10.0. The minimum Gasteiger partial charge on any atom is -0.486 e. The van der Waals surface area contributed by atoms with E-state index in [0.29, 0.717) is 37.6 Å². The van der Waals surface area contributed by atoms with Gasteiger partial charge in [-0.05, 0) is 42.7 Å². The second kappa shape index (κ2) is 6.12. The van der Waals surface area contributed by atoms with E-state index < -0.39 is 34.7 Å². The van der Waals surface area contributed by atoms with Gasteiger partial charge in [-0.2, -0.15) is 0 Å². The minimum atomic E-state index is -1.63. The Bertz CT molecular complexity index is 884. The molecule has 1 fully saturated rings. The van der Waals surface area contributed by atoms with Crippen molar-refractivity contribution in [2.45, 2.75) is 18.4 Å². The van der Waals surface area contributed by atoms with Gasteiger partial charge in [0.1, 0.15) is 13.2 Å². The van der Waals surface area contributed by atoms with E-state index in [2.05, 4.69) is 10.6 Å². The maximum absolute atomic E-state index is 13.7. The van der Waals surface area contributed by atoms with Gasteiger partial charge >= 0.3 is 6.03 Å². The van der Waals surface area contributed by atoms with E-state index in [4.69, 9.17) is 9.47 Å². The van der Waals surface area contributed by atoms with Crippen LogP contribution in [0, 0.1) is 17.5 Å².